The molecule has 216 valence electrons. The van der Waals surface area contributed by atoms with Crippen molar-refractivity contribution in [3.63, 3.8) is 0 Å². The summed E-state index contributed by atoms with van der Waals surface area (Å²) in [6.45, 7) is 9.07. The largest absolute Gasteiger partial charge is 0.481 e. The number of unbranched alkanes of at least 4 members (excludes halogenated alkanes) is 1. The fourth-order valence-electron chi connectivity index (χ4n) is 5.34. The van der Waals surface area contributed by atoms with Crippen LogP contribution in [0, 0.1) is 20.8 Å². The van der Waals surface area contributed by atoms with Crippen LogP contribution < -0.4 is 20.8 Å². The zero-order valence-corrected chi connectivity index (χ0v) is 25.6. The van der Waals surface area contributed by atoms with Gasteiger partial charge < -0.3 is 19.8 Å². The quantitative estimate of drug-likeness (QED) is 0.160. The molecule has 1 aromatic carbocycles. The van der Waals surface area contributed by atoms with Gasteiger partial charge >= 0.3 is 0 Å². The van der Waals surface area contributed by atoms with E-state index in [2.05, 4.69) is 57.2 Å². The van der Waals surface area contributed by atoms with Crippen LogP contribution in [0.5, 0.6) is 5.88 Å². The summed E-state index contributed by atoms with van der Waals surface area (Å²) in [5, 5.41) is 0.768. The third-order valence-corrected chi connectivity index (χ3v) is 8.80. The van der Waals surface area contributed by atoms with Crippen LogP contribution in [0.4, 0.5) is 11.5 Å². The van der Waals surface area contributed by atoms with E-state index in [0.717, 1.165) is 64.0 Å². The van der Waals surface area contributed by atoms with Gasteiger partial charge in [-0.25, -0.2) is 9.97 Å². The first-order valence-corrected chi connectivity index (χ1v) is 15.0. The summed E-state index contributed by atoms with van der Waals surface area (Å²) in [5.74, 6) is 1.07. The van der Waals surface area contributed by atoms with E-state index in [9.17, 15) is 4.79 Å². The number of hydrogen-bond acceptors (Lipinski definition) is 8. The molecular formula is C32H37BN6O2S. The van der Waals surface area contributed by atoms with Gasteiger partial charge in [-0.15, -0.1) is 11.3 Å². The van der Waals surface area contributed by atoms with Crippen molar-refractivity contribution in [2.24, 2.45) is 0 Å². The molecule has 4 heterocycles. The average Bonchev–Trinajstić information content (AvgIpc) is 3.38. The number of fused-ring (bicyclic) bond motifs is 3. The molecule has 0 aliphatic rings. The highest BCUT2D eigenvalue weighted by molar-refractivity contribution is 7.17. The molecule has 10 heteroatoms. The van der Waals surface area contributed by atoms with Gasteiger partial charge in [-0.2, -0.15) is 0 Å². The number of nitrogens with two attached hydrogens (primary N) is 1. The van der Waals surface area contributed by atoms with Gasteiger partial charge in [-0.1, -0.05) is 0 Å². The Labute approximate surface area is 252 Å². The van der Waals surface area contributed by atoms with Gasteiger partial charge in [-0.05, 0) is 93.6 Å². The Bertz CT molecular complexity index is 1750. The highest BCUT2D eigenvalue weighted by atomic mass is 32.1. The summed E-state index contributed by atoms with van der Waals surface area (Å²) in [5.41, 5.74) is 12.0. The van der Waals surface area contributed by atoms with Crippen LogP contribution in [-0.2, 0) is 13.1 Å². The molecule has 4 aromatic heterocycles. The number of aromatic nitrogens is 3. The van der Waals surface area contributed by atoms with E-state index < -0.39 is 0 Å². The van der Waals surface area contributed by atoms with E-state index in [-0.39, 0.29) is 5.43 Å². The molecule has 42 heavy (non-hydrogen) atoms. The second kappa shape index (κ2) is 13.0. The third-order valence-electron chi connectivity index (χ3n) is 7.74. The normalized spacial score (nSPS) is 11.5. The van der Waals surface area contributed by atoms with Crippen molar-refractivity contribution in [1.82, 2.24) is 19.3 Å². The number of anilines is 2. The molecule has 5 aromatic rings. The molecule has 2 N–H and O–H groups in total. The van der Waals surface area contributed by atoms with E-state index in [1.165, 1.54) is 10.4 Å². The SMILES string of the molecule is [B]CN(CCCCN(Cc1ccnc(OC)c1)Cc1c(=O)c2cc(C)c(C)cc2n2cc(C)sc12)c1ccc(N)nc1. The number of pyridine rings is 3. The predicted octanol–water partition coefficient (Wildman–Crippen LogP) is 5.24. The maximum atomic E-state index is 14.0. The van der Waals surface area contributed by atoms with E-state index in [4.69, 9.17) is 18.3 Å². The van der Waals surface area contributed by atoms with Crippen LogP contribution in [0.1, 0.15) is 40.0 Å². The number of ether oxygens (including phenoxy) is 1. The van der Waals surface area contributed by atoms with Gasteiger partial charge in [0.15, 0.2) is 5.43 Å². The van der Waals surface area contributed by atoms with E-state index >= 15 is 0 Å². The molecule has 0 amide bonds. The van der Waals surface area contributed by atoms with Crippen LogP contribution in [0.3, 0.4) is 0 Å². The number of rotatable bonds is 12. The van der Waals surface area contributed by atoms with Gasteiger partial charge in [0.05, 0.1) is 32.4 Å². The molecule has 0 aliphatic heterocycles. The molecule has 0 saturated carbocycles. The topological polar surface area (TPSA) is 89.0 Å². The van der Waals surface area contributed by atoms with E-state index in [1.54, 1.807) is 36.9 Å². The van der Waals surface area contributed by atoms with Gasteiger partial charge in [0.25, 0.3) is 0 Å². The van der Waals surface area contributed by atoms with Crippen molar-refractivity contribution in [1.29, 1.82) is 0 Å². The Morgan fingerprint density at radius 3 is 2.55 bits per heavy atom. The van der Waals surface area contributed by atoms with Crippen LogP contribution in [0.25, 0.3) is 15.7 Å². The Morgan fingerprint density at radius 2 is 1.81 bits per heavy atom. The van der Waals surface area contributed by atoms with Gasteiger partial charge in [0.2, 0.25) is 5.88 Å². The Balaban J connectivity index is 1.43. The molecule has 2 radical (unpaired) electrons. The lowest BCUT2D eigenvalue weighted by molar-refractivity contribution is 0.251. The summed E-state index contributed by atoms with van der Waals surface area (Å²) in [6, 6.07) is 11.9. The van der Waals surface area contributed by atoms with Gasteiger partial charge in [0, 0.05) is 53.9 Å². The van der Waals surface area contributed by atoms with Crippen molar-refractivity contribution in [3.05, 3.63) is 92.3 Å². The van der Waals surface area contributed by atoms with Crippen molar-refractivity contribution >= 4 is 46.4 Å². The summed E-state index contributed by atoms with van der Waals surface area (Å²) in [7, 11) is 7.68. The molecule has 0 aliphatic carbocycles. The van der Waals surface area contributed by atoms with Crippen molar-refractivity contribution in [2.45, 2.75) is 46.7 Å². The zero-order chi connectivity index (χ0) is 29.8. The summed E-state index contributed by atoms with van der Waals surface area (Å²) >= 11 is 1.68. The number of methoxy groups -OCH3 is 1. The zero-order valence-electron chi connectivity index (χ0n) is 24.8. The molecule has 0 atom stereocenters. The molecule has 0 saturated heterocycles. The first-order chi connectivity index (χ1) is 20.3. The molecule has 0 bridgehead atoms. The lowest BCUT2D eigenvalue weighted by Crippen LogP contribution is -2.29. The minimum Gasteiger partial charge on any atom is -0.481 e. The van der Waals surface area contributed by atoms with Gasteiger partial charge in [0.1, 0.15) is 10.6 Å². The summed E-state index contributed by atoms with van der Waals surface area (Å²) in [6.07, 6.45) is 7.93. The van der Waals surface area contributed by atoms with Crippen LogP contribution >= 0.6 is 11.3 Å². The Kier molecular flexibility index (Phi) is 9.13. The summed E-state index contributed by atoms with van der Waals surface area (Å²) < 4.78 is 7.58. The van der Waals surface area contributed by atoms with Crippen LogP contribution in [-0.4, -0.2) is 53.8 Å². The summed E-state index contributed by atoms with van der Waals surface area (Å²) in [4.78, 5) is 29.2. The molecule has 0 fully saturated rings. The second-order valence-electron chi connectivity index (χ2n) is 10.8. The fraction of sp³-hybridized carbons (Fsp3) is 0.344. The Hall–Kier alpha value is -3.89. The fourth-order valence-corrected chi connectivity index (χ4v) is 6.33. The van der Waals surface area contributed by atoms with Crippen LogP contribution in [0.2, 0.25) is 0 Å². The maximum absolute atomic E-state index is 14.0. The minimum atomic E-state index is 0.109. The highest BCUT2D eigenvalue weighted by Gasteiger charge is 2.19. The second-order valence-corrected chi connectivity index (χ2v) is 12.0. The molecule has 8 nitrogen and oxygen atoms in total. The Morgan fingerprint density at radius 1 is 1.02 bits per heavy atom. The van der Waals surface area contributed by atoms with Crippen molar-refractivity contribution < 1.29 is 4.74 Å². The van der Waals surface area contributed by atoms with Gasteiger partial charge in [-0.3, -0.25) is 9.69 Å². The lowest BCUT2D eigenvalue weighted by Gasteiger charge is -2.26. The molecular weight excluding hydrogens is 543 g/mol. The van der Waals surface area contributed by atoms with Crippen molar-refractivity contribution in [2.75, 3.05) is 37.3 Å². The number of benzene rings is 1. The minimum absolute atomic E-state index is 0.109. The van der Waals surface area contributed by atoms with Crippen molar-refractivity contribution in [3.8, 4) is 5.88 Å². The number of aryl methyl sites for hydroxylation is 3. The lowest BCUT2D eigenvalue weighted by atomic mass is 10.0. The van der Waals surface area contributed by atoms with E-state index in [0.29, 0.717) is 31.2 Å². The molecule has 0 unspecified atom stereocenters. The number of nitrogen functional groups attached to an aromatic ring is 1. The molecule has 5 rings (SSSR count). The highest BCUT2D eigenvalue weighted by Crippen LogP contribution is 2.28. The standard InChI is InChI=1S/C32H37BN6O2S/c1-21-13-26-28(14-22(21)2)39-17-23(3)42-32(39)27(31(26)40)19-37(18-24-9-10-35-30(15-24)41-4)11-5-6-12-38(20-33)25-7-8-29(34)36-16-25/h7-10,13-17H,5-6,11-12,18-20H2,1-4H3,(H2,34,36). The number of hydrogen-bond donors (Lipinski definition) is 1. The number of thiazole rings is 1. The predicted molar refractivity (Wildman–Crippen MR) is 174 cm³/mol. The first-order valence-electron chi connectivity index (χ1n) is 14.2. The smallest absolute Gasteiger partial charge is 0.213 e. The molecule has 0 spiro atoms. The first kappa shape index (κ1) is 29.6. The average molecular weight is 581 g/mol. The van der Waals surface area contributed by atoms with E-state index in [1.807, 2.05) is 24.3 Å². The van der Waals surface area contributed by atoms with Crippen LogP contribution in [0.15, 0.2) is 59.8 Å². The monoisotopic (exact) mass is 580 g/mol. The maximum Gasteiger partial charge on any atom is 0.213 e. The third kappa shape index (κ3) is 6.45. The number of nitrogens with zero attached hydrogens (tertiary/aromatic N) is 5.